The zero-order valence-corrected chi connectivity index (χ0v) is 12.8. The number of amides is 1. The molecule has 0 heterocycles. The zero-order chi connectivity index (χ0) is 16.2. The molecule has 1 N–H and O–H groups in total. The number of phenols is 1. The minimum atomic E-state index is -0.513. The summed E-state index contributed by atoms with van der Waals surface area (Å²) in [5.74, 6) is 0.0463. The van der Waals surface area contributed by atoms with E-state index in [9.17, 15) is 9.90 Å². The number of anilines is 1. The number of methoxy groups -OCH3 is 1. The number of hydrogen-bond donors (Lipinski definition) is 1. The highest BCUT2D eigenvalue weighted by atomic mass is 16.5. The van der Waals surface area contributed by atoms with Crippen molar-refractivity contribution in [2.45, 2.75) is 6.54 Å². The van der Waals surface area contributed by atoms with Gasteiger partial charge in [-0.25, -0.2) is 4.79 Å². The van der Waals surface area contributed by atoms with Gasteiger partial charge in [-0.3, -0.25) is 4.90 Å². The van der Waals surface area contributed by atoms with E-state index in [0.29, 0.717) is 12.2 Å². The minimum Gasteiger partial charge on any atom is -0.506 e. The molecule has 3 aromatic carbocycles. The maximum atomic E-state index is 12.3. The monoisotopic (exact) mass is 307 g/mol. The Bertz CT molecular complexity index is 830. The molecular formula is C19H17NO3. The third kappa shape index (κ3) is 2.97. The largest absolute Gasteiger partial charge is 0.506 e. The first-order valence-corrected chi connectivity index (χ1v) is 7.31. The topological polar surface area (TPSA) is 49.8 Å². The van der Waals surface area contributed by atoms with Gasteiger partial charge in [0.2, 0.25) is 0 Å². The third-order valence-electron chi connectivity index (χ3n) is 3.73. The smallest absolute Gasteiger partial charge is 0.414 e. The van der Waals surface area contributed by atoms with Crippen molar-refractivity contribution in [1.82, 2.24) is 0 Å². The normalized spacial score (nSPS) is 10.5. The van der Waals surface area contributed by atoms with E-state index in [4.69, 9.17) is 4.74 Å². The summed E-state index contributed by atoms with van der Waals surface area (Å²) in [5.41, 5.74) is 1.41. The van der Waals surface area contributed by atoms with Crippen molar-refractivity contribution in [3.63, 3.8) is 0 Å². The van der Waals surface area contributed by atoms with E-state index >= 15 is 0 Å². The summed E-state index contributed by atoms with van der Waals surface area (Å²) in [7, 11) is 1.34. The highest BCUT2D eigenvalue weighted by Crippen LogP contribution is 2.36. The van der Waals surface area contributed by atoms with E-state index in [2.05, 4.69) is 0 Å². The summed E-state index contributed by atoms with van der Waals surface area (Å²) in [4.78, 5) is 13.8. The van der Waals surface area contributed by atoms with Crippen LogP contribution < -0.4 is 4.90 Å². The van der Waals surface area contributed by atoms with Crippen LogP contribution in [0.15, 0.2) is 66.7 Å². The Balaban J connectivity index is 2.14. The van der Waals surface area contributed by atoms with E-state index in [1.54, 1.807) is 6.07 Å². The van der Waals surface area contributed by atoms with Gasteiger partial charge in [-0.1, -0.05) is 60.7 Å². The molecule has 4 heteroatoms. The van der Waals surface area contributed by atoms with Crippen molar-refractivity contribution in [3.8, 4) is 5.75 Å². The molecule has 0 aliphatic carbocycles. The molecule has 0 radical (unpaired) electrons. The van der Waals surface area contributed by atoms with Crippen molar-refractivity contribution in [1.29, 1.82) is 0 Å². The molecule has 3 rings (SSSR count). The van der Waals surface area contributed by atoms with Crippen molar-refractivity contribution < 1.29 is 14.6 Å². The van der Waals surface area contributed by atoms with Crippen molar-refractivity contribution in [2.75, 3.05) is 12.0 Å². The van der Waals surface area contributed by atoms with E-state index < -0.39 is 6.09 Å². The van der Waals surface area contributed by atoms with Crippen LogP contribution in [0, 0.1) is 0 Å². The maximum Gasteiger partial charge on any atom is 0.414 e. The second kappa shape index (κ2) is 6.40. The molecular weight excluding hydrogens is 290 g/mol. The van der Waals surface area contributed by atoms with Crippen LogP contribution in [0.5, 0.6) is 5.75 Å². The molecule has 4 nitrogen and oxygen atoms in total. The lowest BCUT2D eigenvalue weighted by Gasteiger charge is -2.24. The number of carbonyl (C=O) groups is 1. The highest BCUT2D eigenvalue weighted by Gasteiger charge is 2.22. The number of aromatic hydroxyl groups is 1. The van der Waals surface area contributed by atoms with Gasteiger partial charge in [0, 0.05) is 5.39 Å². The average Bonchev–Trinajstić information content (AvgIpc) is 2.60. The average molecular weight is 307 g/mol. The van der Waals surface area contributed by atoms with Crippen LogP contribution in [-0.2, 0) is 11.3 Å². The summed E-state index contributed by atoms with van der Waals surface area (Å²) in [6.45, 7) is 0.315. The molecule has 0 fully saturated rings. The van der Waals surface area contributed by atoms with Gasteiger partial charge in [0.25, 0.3) is 0 Å². The second-order valence-corrected chi connectivity index (χ2v) is 5.20. The van der Waals surface area contributed by atoms with Gasteiger partial charge in [0.1, 0.15) is 5.75 Å². The molecule has 3 aromatic rings. The summed E-state index contributed by atoms with van der Waals surface area (Å²) in [5, 5.41) is 12.1. The highest BCUT2D eigenvalue weighted by molar-refractivity contribution is 6.04. The number of nitrogens with zero attached hydrogens (tertiary/aromatic N) is 1. The maximum absolute atomic E-state index is 12.3. The Labute approximate surface area is 134 Å². The first kappa shape index (κ1) is 14.9. The van der Waals surface area contributed by atoms with Crippen molar-refractivity contribution in [3.05, 3.63) is 72.3 Å². The van der Waals surface area contributed by atoms with Crippen LogP contribution in [0.25, 0.3) is 10.8 Å². The number of benzene rings is 3. The fraction of sp³-hybridized carbons (Fsp3) is 0.105. The number of phenolic OH excluding ortho intramolecular Hbond substituents is 1. The Morgan fingerprint density at radius 1 is 1.00 bits per heavy atom. The lowest BCUT2D eigenvalue weighted by molar-refractivity contribution is 0.178. The summed E-state index contributed by atoms with van der Waals surface area (Å²) < 4.78 is 4.92. The Morgan fingerprint density at radius 3 is 2.43 bits per heavy atom. The van der Waals surface area contributed by atoms with Crippen LogP contribution in [0.2, 0.25) is 0 Å². The number of rotatable bonds is 3. The second-order valence-electron chi connectivity index (χ2n) is 5.20. The fourth-order valence-electron chi connectivity index (χ4n) is 2.64. The van der Waals surface area contributed by atoms with Crippen molar-refractivity contribution in [2.24, 2.45) is 0 Å². The van der Waals surface area contributed by atoms with Gasteiger partial charge < -0.3 is 9.84 Å². The van der Waals surface area contributed by atoms with Gasteiger partial charge in [-0.05, 0) is 17.0 Å². The molecule has 0 aliphatic heterocycles. The number of ether oxygens (including phenoxy) is 1. The quantitative estimate of drug-likeness (QED) is 0.784. The molecule has 0 spiro atoms. The van der Waals surface area contributed by atoms with Crippen LogP contribution in [0.3, 0.4) is 0 Å². The van der Waals surface area contributed by atoms with Crippen LogP contribution >= 0.6 is 0 Å². The molecule has 116 valence electrons. The SMILES string of the molecule is COC(=O)N(Cc1ccccc1)c1c(O)ccc2ccccc12. The molecule has 0 saturated heterocycles. The molecule has 1 amide bonds. The molecule has 0 aliphatic rings. The predicted molar refractivity (Wildman–Crippen MR) is 90.6 cm³/mol. The number of hydrogen-bond acceptors (Lipinski definition) is 3. The zero-order valence-electron chi connectivity index (χ0n) is 12.8. The van der Waals surface area contributed by atoms with Gasteiger partial charge >= 0.3 is 6.09 Å². The number of carbonyl (C=O) groups excluding carboxylic acids is 1. The lowest BCUT2D eigenvalue weighted by Crippen LogP contribution is -2.30. The van der Waals surface area contributed by atoms with Crippen LogP contribution in [0.1, 0.15) is 5.56 Å². The third-order valence-corrected chi connectivity index (χ3v) is 3.73. The van der Waals surface area contributed by atoms with Gasteiger partial charge in [-0.15, -0.1) is 0 Å². The lowest BCUT2D eigenvalue weighted by atomic mass is 10.1. The molecule has 0 saturated carbocycles. The molecule has 0 atom stereocenters. The van der Waals surface area contributed by atoms with Crippen molar-refractivity contribution >= 4 is 22.6 Å². The van der Waals surface area contributed by atoms with E-state index in [-0.39, 0.29) is 5.75 Å². The number of fused-ring (bicyclic) bond motifs is 1. The van der Waals surface area contributed by atoms with E-state index in [1.165, 1.54) is 12.0 Å². The minimum absolute atomic E-state index is 0.0463. The first-order valence-electron chi connectivity index (χ1n) is 7.31. The Morgan fingerprint density at radius 2 is 1.70 bits per heavy atom. The predicted octanol–water partition coefficient (Wildman–Crippen LogP) is 4.32. The summed E-state index contributed by atoms with van der Waals surface area (Å²) in [6, 6.07) is 20.6. The Kier molecular flexibility index (Phi) is 4.15. The van der Waals surface area contributed by atoms with Gasteiger partial charge in [0.15, 0.2) is 0 Å². The standard InChI is InChI=1S/C19H17NO3/c1-23-19(22)20(13-14-7-3-2-4-8-14)18-16-10-6-5-9-15(16)11-12-17(18)21/h2-12,21H,13H2,1H3. The summed E-state index contributed by atoms with van der Waals surface area (Å²) >= 11 is 0. The molecule has 0 unspecified atom stereocenters. The van der Waals surface area contributed by atoms with Crippen LogP contribution in [0.4, 0.5) is 10.5 Å². The summed E-state index contributed by atoms with van der Waals surface area (Å²) in [6.07, 6.45) is -0.513. The van der Waals surface area contributed by atoms with E-state index in [1.807, 2.05) is 60.7 Å². The van der Waals surface area contributed by atoms with E-state index in [0.717, 1.165) is 16.3 Å². The Hall–Kier alpha value is -3.01. The van der Waals surface area contributed by atoms with Crippen LogP contribution in [-0.4, -0.2) is 18.3 Å². The molecule has 23 heavy (non-hydrogen) atoms. The van der Waals surface area contributed by atoms with Gasteiger partial charge in [0.05, 0.1) is 19.3 Å². The molecule has 0 aromatic heterocycles. The molecule has 0 bridgehead atoms. The fourth-order valence-corrected chi connectivity index (χ4v) is 2.64. The van der Waals surface area contributed by atoms with Gasteiger partial charge in [-0.2, -0.15) is 0 Å². The first-order chi connectivity index (χ1) is 11.2.